The molecule has 0 radical (unpaired) electrons. The number of hydrogen-bond donors (Lipinski definition) is 1. The summed E-state index contributed by atoms with van der Waals surface area (Å²) in [6.07, 6.45) is 5.16. The van der Waals surface area contributed by atoms with Crippen molar-refractivity contribution in [1.82, 2.24) is 19.6 Å². The van der Waals surface area contributed by atoms with Gasteiger partial charge in [0.15, 0.2) is 12.3 Å². The molecule has 2 heterocycles. The summed E-state index contributed by atoms with van der Waals surface area (Å²) in [6, 6.07) is 4.29. The van der Waals surface area contributed by atoms with E-state index in [4.69, 9.17) is 22.8 Å². The Balaban J connectivity index is 2.32. The van der Waals surface area contributed by atoms with Gasteiger partial charge in [0.05, 0.1) is 16.3 Å². The Morgan fingerprint density at radius 3 is 2.88 bits per heavy atom. The number of terminal acetylenes is 1. The highest BCUT2D eigenvalue weighted by Crippen LogP contribution is 2.33. The number of aromatic amines is 1. The van der Waals surface area contributed by atoms with Crippen LogP contribution in [0.5, 0.6) is 6.01 Å². The Morgan fingerprint density at radius 1 is 1.48 bits per heavy atom. The molecule has 3 rings (SSSR count). The number of ether oxygens (including phenoxy) is 1. The lowest BCUT2D eigenvalue weighted by Gasteiger charge is -2.07. The first kappa shape index (κ1) is 17.0. The van der Waals surface area contributed by atoms with Gasteiger partial charge in [0.25, 0.3) is 0 Å². The monoisotopic (exact) mass is 360 g/mol. The fourth-order valence-electron chi connectivity index (χ4n) is 2.45. The zero-order valence-corrected chi connectivity index (χ0v) is 14.3. The second-order valence-electron chi connectivity index (χ2n) is 5.62. The first-order valence-corrected chi connectivity index (χ1v) is 7.84. The summed E-state index contributed by atoms with van der Waals surface area (Å²) in [7, 11) is 0. The maximum atomic E-state index is 13.5. The van der Waals surface area contributed by atoms with Gasteiger partial charge in [0.1, 0.15) is 5.82 Å². The molecule has 2 aromatic heterocycles. The molecule has 0 bridgehead atoms. The molecule has 0 spiro atoms. The number of hydrogen-bond acceptors (Lipinski definition) is 4. The number of fused-ring (bicyclic) bond motifs is 1. The van der Waals surface area contributed by atoms with Crippen molar-refractivity contribution < 1.29 is 9.13 Å². The fraction of sp³-hybridized carbons (Fsp3) is 0.235. The number of nitrogens with one attached hydrogen (secondary N) is 1. The molecule has 1 N–H and O–H groups in total. The molecule has 0 unspecified atom stereocenters. The van der Waals surface area contributed by atoms with Gasteiger partial charge in [0.2, 0.25) is 0 Å². The van der Waals surface area contributed by atoms with Crippen LogP contribution in [0.2, 0.25) is 5.02 Å². The Bertz CT molecular complexity index is 1050. The minimum atomic E-state index is -0.531. The van der Waals surface area contributed by atoms with Crippen molar-refractivity contribution in [3.05, 3.63) is 45.2 Å². The molecule has 0 saturated carbocycles. The second-order valence-corrected chi connectivity index (χ2v) is 6.03. The minimum Gasteiger partial charge on any atom is -0.451 e. The van der Waals surface area contributed by atoms with Gasteiger partial charge in [-0.1, -0.05) is 37.4 Å². The number of H-pyrrole nitrogens is 1. The summed E-state index contributed by atoms with van der Waals surface area (Å²) in [5, 5.41) is 4.31. The van der Waals surface area contributed by atoms with E-state index in [1.54, 1.807) is 6.07 Å². The molecule has 0 fully saturated rings. The lowest BCUT2D eigenvalue weighted by atomic mass is 9.99. The minimum absolute atomic E-state index is 0.00462. The first-order valence-electron chi connectivity index (χ1n) is 7.47. The van der Waals surface area contributed by atoms with Gasteiger partial charge in [-0.2, -0.15) is 14.6 Å². The second kappa shape index (κ2) is 6.57. The Hall–Kier alpha value is -2.85. The summed E-state index contributed by atoms with van der Waals surface area (Å²) in [5.41, 5.74) is 1.59. The Labute approximate surface area is 147 Å². The van der Waals surface area contributed by atoms with Crippen molar-refractivity contribution in [1.29, 1.82) is 0 Å². The molecule has 25 heavy (non-hydrogen) atoms. The summed E-state index contributed by atoms with van der Waals surface area (Å²) in [5.74, 6) is 1.77. The van der Waals surface area contributed by atoms with Crippen LogP contribution in [0.25, 0.3) is 16.8 Å². The number of benzene rings is 1. The lowest BCUT2D eigenvalue weighted by molar-refractivity contribution is 0.337. The maximum Gasteiger partial charge on any atom is 0.352 e. The van der Waals surface area contributed by atoms with Gasteiger partial charge < -0.3 is 4.74 Å². The molecule has 0 aliphatic heterocycles. The van der Waals surface area contributed by atoms with E-state index in [1.165, 1.54) is 12.1 Å². The highest BCUT2D eigenvalue weighted by Gasteiger charge is 2.21. The van der Waals surface area contributed by atoms with Crippen LogP contribution in [0.15, 0.2) is 23.0 Å². The molecule has 3 aromatic rings. The van der Waals surface area contributed by atoms with Gasteiger partial charge in [-0.15, -0.1) is 6.42 Å². The van der Waals surface area contributed by atoms with Gasteiger partial charge in [0, 0.05) is 0 Å². The number of aromatic nitrogens is 4. The molecule has 0 atom stereocenters. The maximum absolute atomic E-state index is 13.5. The van der Waals surface area contributed by atoms with Crippen LogP contribution in [0.3, 0.4) is 0 Å². The van der Waals surface area contributed by atoms with Gasteiger partial charge >= 0.3 is 11.7 Å². The van der Waals surface area contributed by atoms with E-state index < -0.39 is 11.5 Å². The third kappa shape index (κ3) is 3.08. The van der Waals surface area contributed by atoms with E-state index in [-0.39, 0.29) is 29.2 Å². The van der Waals surface area contributed by atoms with Crippen molar-refractivity contribution in [2.24, 2.45) is 0 Å². The number of nitrogens with zero attached hydrogens (tertiary/aromatic N) is 3. The Morgan fingerprint density at radius 2 is 2.24 bits per heavy atom. The highest BCUT2D eigenvalue weighted by atomic mass is 35.5. The van der Waals surface area contributed by atoms with Crippen molar-refractivity contribution in [3.63, 3.8) is 0 Å². The van der Waals surface area contributed by atoms with Crippen molar-refractivity contribution >= 4 is 17.2 Å². The third-order valence-corrected chi connectivity index (χ3v) is 3.84. The van der Waals surface area contributed by atoms with Crippen LogP contribution in [0.1, 0.15) is 25.5 Å². The van der Waals surface area contributed by atoms with Crippen LogP contribution in [0, 0.1) is 18.2 Å². The van der Waals surface area contributed by atoms with E-state index in [0.717, 1.165) is 4.52 Å². The molecule has 0 saturated heterocycles. The molecule has 0 aliphatic carbocycles. The average molecular weight is 361 g/mol. The highest BCUT2D eigenvalue weighted by molar-refractivity contribution is 6.31. The zero-order chi connectivity index (χ0) is 18.1. The topological polar surface area (TPSA) is 72.3 Å². The molecule has 0 amide bonds. The quantitative estimate of drug-likeness (QED) is 0.726. The SMILES string of the molecule is C#CCOc1nc2c(-c3ccc(F)c(Cl)c3)c(C(C)C)nn2c(=O)[nH]1. The molecule has 128 valence electrons. The first-order chi connectivity index (χ1) is 11.9. The summed E-state index contributed by atoms with van der Waals surface area (Å²) < 4.78 is 19.9. The van der Waals surface area contributed by atoms with Crippen molar-refractivity contribution in [3.8, 4) is 29.5 Å². The number of rotatable bonds is 4. The zero-order valence-electron chi connectivity index (χ0n) is 13.5. The molecular formula is C17H14ClFN4O2. The van der Waals surface area contributed by atoms with Crippen LogP contribution in [-0.4, -0.2) is 26.2 Å². The molecule has 1 aromatic carbocycles. The van der Waals surface area contributed by atoms with Crippen LogP contribution >= 0.6 is 11.6 Å². The molecule has 0 aliphatic rings. The third-order valence-electron chi connectivity index (χ3n) is 3.55. The van der Waals surface area contributed by atoms with Gasteiger partial charge in [-0.25, -0.2) is 9.18 Å². The number of halogens is 2. The molecule has 8 heteroatoms. The average Bonchev–Trinajstić information content (AvgIpc) is 2.96. The van der Waals surface area contributed by atoms with E-state index in [9.17, 15) is 9.18 Å². The normalized spacial score (nSPS) is 11.0. The molecule has 6 nitrogen and oxygen atoms in total. The van der Waals surface area contributed by atoms with E-state index >= 15 is 0 Å². The van der Waals surface area contributed by atoms with Gasteiger partial charge in [-0.3, -0.25) is 4.98 Å². The lowest BCUT2D eigenvalue weighted by Crippen LogP contribution is -2.20. The standard InChI is InChI=1S/C17H14ClFN4O2/c1-4-7-25-16-20-15-13(10-5-6-12(19)11(18)8-10)14(9(2)3)22-23(15)17(24)21-16/h1,5-6,8-9H,7H2,2-3H3,(H,20,21,24). The van der Waals surface area contributed by atoms with E-state index in [0.29, 0.717) is 16.8 Å². The van der Waals surface area contributed by atoms with E-state index in [2.05, 4.69) is 21.0 Å². The van der Waals surface area contributed by atoms with Crippen molar-refractivity contribution in [2.75, 3.05) is 6.61 Å². The van der Waals surface area contributed by atoms with Crippen LogP contribution in [0.4, 0.5) is 4.39 Å². The van der Waals surface area contributed by atoms with Gasteiger partial charge in [-0.05, 0) is 23.6 Å². The predicted molar refractivity (Wildman–Crippen MR) is 92.4 cm³/mol. The smallest absolute Gasteiger partial charge is 0.352 e. The molecular weight excluding hydrogens is 347 g/mol. The Kier molecular flexibility index (Phi) is 4.47. The van der Waals surface area contributed by atoms with Crippen LogP contribution in [-0.2, 0) is 0 Å². The fourth-order valence-corrected chi connectivity index (χ4v) is 2.63. The summed E-state index contributed by atoms with van der Waals surface area (Å²) >= 11 is 5.91. The van der Waals surface area contributed by atoms with E-state index in [1.807, 2.05) is 13.8 Å². The predicted octanol–water partition coefficient (Wildman–Crippen LogP) is 3.01. The largest absolute Gasteiger partial charge is 0.451 e. The summed E-state index contributed by atoms with van der Waals surface area (Å²) in [4.78, 5) is 19.1. The summed E-state index contributed by atoms with van der Waals surface area (Å²) in [6.45, 7) is 3.82. The van der Waals surface area contributed by atoms with Crippen molar-refractivity contribution in [2.45, 2.75) is 19.8 Å². The van der Waals surface area contributed by atoms with Crippen LogP contribution < -0.4 is 10.4 Å².